The summed E-state index contributed by atoms with van der Waals surface area (Å²) < 4.78 is 15.2. The fourth-order valence-electron chi connectivity index (χ4n) is 3.90. The number of benzene rings is 2. The fraction of sp³-hybridized carbons (Fsp3) is 0.280. The van der Waals surface area contributed by atoms with Crippen LogP contribution in [-0.2, 0) is 4.79 Å². The third-order valence-electron chi connectivity index (χ3n) is 5.47. The number of rotatable bonds is 7. The van der Waals surface area contributed by atoms with Crippen LogP contribution in [0.1, 0.15) is 35.9 Å². The predicted octanol–water partition coefficient (Wildman–Crippen LogP) is 5.22. The number of nitrogens with one attached hydrogen (secondary N) is 1. The first-order valence-corrected chi connectivity index (χ1v) is 11.2. The zero-order valence-electron chi connectivity index (χ0n) is 18.0. The number of allylic oxidation sites excluding steroid dienone is 2. The van der Waals surface area contributed by atoms with Crippen molar-refractivity contribution < 1.29 is 9.18 Å². The van der Waals surface area contributed by atoms with Gasteiger partial charge in [-0.3, -0.25) is 4.79 Å². The van der Waals surface area contributed by atoms with Crippen LogP contribution in [0.2, 0.25) is 0 Å². The highest BCUT2D eigenvalue weighted by atomic mass is 32.1. The van der Waals surface area contributed by atoms with Crippen LogP contribution in [0.3, 0.4) is 0 Å². The van der Waals surface area contributed by atoms with Crippen molar-refractivity contribution >= 4 is 44.7 Å². The summed E-state index contributed by atoms with van der Waals surface area (Å²) in [4.78, 5) is 19.4. The Morgan fingerprint density at radius 2 is 2.00 bits per heavy atom. The van der Waals surface area contributed by atoms with E-state index in [1.54, 1.807) is 17.4 Å². The predicted molar refractivity (Wildman–Crippen MR) is 127 cm³/mol. The van der Waals surface area contributed by atoms with Gasteiger partial charge in [-0.05, 0) is 92.2 Å². The smallest absolute Gasteiger partial charge is 0.224 e. The molecular weight excluding hydrogens is 409 g/mol. The summed E-state index contributed by atoms with van der Waals surface area (Å²) in [5.41, 5.74) is 5.61. The van der Waals surface area contributed by atoms with E-state index in [1.807, 2.05) is 39.2 Å². The molecule has 6 heteroatoms. The number of carbonyl (C=O) groups is 1. The molecule has 0 bridgehead atoms. The first-order valence-electron chi connectivity index (χ1n) is 10.4. The number of nitrogens with zero attached hydrogens (tertiary/aromatic N) is 2. The van der Waals surface area contributed by atoms with Gasteiger partial charge in [0.15, 0.2) is 0 Å². The van der Waals surface area contributed by atoms with E-state index in [4.69, 9.17) is 4.98 Å². The number of halogens is 1. The van der Waals surface area contributed by atoms with Gasteiger partial charge < -0.3 is 10.2 Å². The third-order valence-corrected chi connectivity index (χ3v) is 6.46. The lowest BCUT2D eigenvalue weighted by atomic mass is 10.0. The van der Waals surface area contributed by atoms with Gasteiger partial charge >= 0.3 is 0 Å². The number of hydrogen-bond acceptors (Lipinski definition) is 4. The zero-order chi connectivity index (χ0) is 22.0. The highest BCUT2D eigenvalue weighted by Crippen LogP contribution is 2.44. The molecule has 1 amide bonds. The molecule has 31 heavy (non-hydrogen) atoms. The molecule has 4 rings (SSSR count). The highest BCUT2D eigenvalue weighted by Gasteiger charge is 2.26. The van der Waals surface area contributed by atoms with E-state index in [0.717, 1.165) is 56.0 Å². The minimum Gasteiger partial charge on any atom is -0.356 e. The lowest BCUT2D eigenvalue weighted by Crippen LogP contribution is -2.27. The van der Waals surface area contributed by atoms with Crippen molar-refractivity contribution in [2.45, 2.75) is 19.8 Å². The number of aromatic nitrogens is 1. The van der Waals surface area contributed by atoms with E-state index in [1.165, 1.54) is 12.1 Å². The van der Waals surface area contributed by atoms with Crippen molar-refractivity contribution in [3.05, 3.63) is 70.0 Å². The summed E-state index contributed by atoms with van der Waals surface area (Å²) in [6.45, 7) is 3.56. The summed E-state index contributed by atoms with van der Waals surface area (Å²) in [7, 11) is 4.03. The topological polar surface area (TPSA) is 45.2 Å². The Bertz CT molecular complexity index is 1160. The van der Waals surface area contributed by atoms with E-state index in [9.17, 15) is 9.18 Å². The molecule has 4 nitrogen and oxygen atoms in total. The highest BCUT2D eigenvalue weighted by molar-refractivity contribution is 7.19. The van der Waals surface area contributed by atoms with Gasteiger partial charge in [0.25, 0.3) is 0 Å². The van der Waals surface area contributed by atoms with Gasteiger partial charge in [0.05, 0.1) is 16.6 Å². The van der Waals surface area contributed by atoms with E-state index in [2.05, 4.69) is 22.4 Å². The summed E-state index contributed by atoms with van der Waals surface area (Å²) in [6, 6.07) is 12.9. The van der Waals surface area contributed by atoms with Gasteiger partial charge in [-0.2, -0.15) is 0 Å². The SMILES string of the molecule is CC1=C(CC(=O)NCCCN(C)C)c2cc(F)ccc2/C1=C\c1nc2ccccc2s1. The molecule has 0 saturated carbocycles. The van der Waals surface area contributed by atoms with Crippen LogP contribution in [0, 0.1) is 5.82 Å². The summed E-state index contributed by atoms with van der Waals surface area (Å²) in [6.07, 6.45) is 3.19. The summed E-state index contributed by atoms with van der Waals surface area (Å²) >= 11 is 1.63. The lowest BCUT2D eigenvalue weighted by Gasteiger charge is -2.11. The Labute approximate surface area is 186 Å². The molecule has 0 spiro atoms. The molecule has 1 aliphatic rings. The molecule has 160 valence electrons. The quantitative estimate of drug-likeness (QED) is 0.518. The summed E-state index contributed by atoms with van der Waals surface area (Å²) in [5.74, 6) is -0.332. The number of para-hydroxylation sites is 1. The number of hydrogen-bond donors (Lipinski definition) is 1. The van der Waals surface area contributed by atoms with E-state index in [-0.39, 0.29) is 18.1 Å². The molecule has 1 heterocycles. The normalized spacial score (nSPS) is 14.7. The van der Waals surface area contributed by atoms with Crippen molar-refractivity contribution in [3.63, 3.8) is 0 Å². The maximum atomic E-state index is 14.1. The van der Waals surface area contributed by atoms with Crippen LogP contribution in [0.4, 0.5) is 4.39 Å². The Balaban J connectivity index is 1.62. The largest absolute Gasteiger partial charge is 0.356 e. The zero-order valence-corrected chi connectivity index (χ0v) is 18.9. The van der Waals surface area contributed by atoms with Crippen LogP contribution in [0.15, 0.2) is 48.0 Å². The van der Waals surface area contributed by atoms with Crippen molar-refractivity contribution in [3.8, 4) is 0 Å². The van der Waals surface area contributed by atoms with E-state index >= 15 is 0 Å². The molecule has 0 saturated heterocycles. The average molecular weight is 436 g/mol. The van der Waals surface area contributed by atoms with E-state index in [0.29, 0.717) is 6.54 Å². The first kappa shape index (κ1) is 21.4. The fourth-order valence-corrected chi connectivity index (χ4v) is 4.81. The second-order valence-electron chi connectivity index (χ2n) is 8.05. The Kier molecular flexibility index (Phi) is 6.30. The Morgan fingerprint density at radius 1 is 1.19 bits per heavy atom. The number of thiazole rings is 1. The van der Waals surface area contributed by atoms with Crippen molar-refractivity contribution in [1.82, 2.24) is 15.2 Å². The number of fused-ring (bicyclic) bond motifs is 2. The van der Waals surface area contributed by atoms with E-state index < -0.39 is 0 Å². The molecule has 0 atom stereocenters. The average Bonchev–Trinajstić information content (AvgIpc) is 3.25. The molecule has 1 N–H and O–H groups in total. The standard InChI is InChI=1S/C25H26FN3OS/c1-16-19(14-24(30)27-11-6-12-29(2)3)21-13-17(26)9-10-18(21)20(16)15-25-28-22-7-4-5-8-23(22)31-25/h4-5,7-10,13,15H,6,11-12,14H2,1-3H3,(H,27,30)/b20-15-. The minimum absolute atomic E-state index is 0.0374. The molecule has 1 aliphatic carbocycles. The molecule has 0 radical (unpaired) electrons. The number of amides is 1. The maximum Gasteiger partial charge on any atom is 0.224 e. The number of carbonyl (C=O) groups excluding carboxylic acids is 1. The first-order chi connectivity index (χ1) is 14.9. The molecule has 2 aromatic carbocycles. The molecule has 1 aromatic heterocycles. The van der Waals surface area contributed by atoms with Crippen molar-refractivity contribution in [2.75, 3.05) is 27.2 Å². The van der Waals surface area contributed by atoms with Crippen LogP contribution in [-0.4, -0.2) is 43.0 Å². The second-order valence-corrected chi connectivity index (χ2v) is 9.12. The minimum atomic E-state index is -0.295. The maximum absolute atomic E-state index is 14.1. The van der Waals surface area contributed by atoms with Crippen LogP contribution in [0.5, 0.6) is 0 Å². The van der Waals surface area contributed by atoms with Gasteiger partial charge in [0.1, 0.15) is 10.8 Å². The monoisotopic (exact) mass is 435 g/mol. The van der Waals surface area contributed by atoms with Crippen LogP contribution >= 0.6 is 11.3 Å². The lowest BCUT2D eigenvalue weighted by molar-refractivity contribution is -0.120. The van der Waals surface area contributed by atoms with Crippen molar-refractivity contribution in [2.24, 2.45) is 0 Å². The van der Waals surface area contributed by atoms with Gasteiger partial charge in [0.2, 0.25) is 5.91 Å². The molecule has 0 fully saturated rings. The van der Waals surface area contributed by atoms with Crippen LogP contribution < -0.4 is 5.32 Å². The summed E-state index contributed by atoms with van der Waals surface area (Å²) in [5, 5.41) is 3.89. The molecule has 3 aromatic rings. The molecular formula is C25H26FN3OS. The van der Waals surface area contributed by atoms with Crippen molar-refractivity contribution in [1.29, 1.82) is 0 Å². The van der Waals surface area contributed by atoms with Gasteiger partial charge in [-0.1, -0.05) is 18.2 Å². The van der Waals surface area contributed by atoms with Gasteiger partial charge in [-0.25, -0.2) is 9.37 Å². The Hall–Kier alpha value is -2.83. The molecule has 0 unspecified atom stereocenters. The van der Waals surface area contributed by atoms with Crippen LogP contribution in [0.25, 0.3) is 27.4 Å². The third kappa shape index (κ3) is 4.75. The Morgan fingerprint density at radius 3 is 2.77 bits per heavy atom. The second kappa shape index (κ2) is 9.12. The van der Waals surface area contributed by atoms with Gasteiger partial charge in [-0.15, -0.1) is 11.3 Å². The van der Waals surface area contributed by atoms with Gasteiger partial charge in [0, 0.05) is 6.54 Å². The molecule has 0 aliphatic heterocycles.